The van der Waals surface area contributed by atoms with Crippen LogP contribution in [0.1, 0.15) is 6.92 Å². The van der Waals surface area contributed by atoms with Crippen LogP contribution in [0.3, 0.4) is 0 Å². The molecule has 1 unspecified atom stereocenters. The second kappa shape index (κ2) is 10.8. The zero-order valence-corrected chi connectivity index (χ0v) is 10.5. The van der Waals surface area contributed by atoms with Gasteiger partial charge in [0.1, 0.15) is 6.04 Å². The highest BCUT2D eigenvalue weighted by Gasteiger charge is 2.12. The zero-order chi connectivity index (χ0) is 12.2. The molecule has 0 aliphatic rings. The van der Waals surface area contributed by atoms with E-state index in [-0.39, 0.29) is 6.04 Å². The number of likely N-dealkylation sites (N-methyl/N-ethyl adjacent to an activating group) is 1. The van der Waals surface area contributed by atoms with E-state index in [2.05, 4.69) is 16.3 Å². The normalized spacial score (nSPS) is 12.7. The Balaban J connectivity index is 4.00. The average molecular weight is 229 g/mol. The van der Waals surface area contributed by atoms with E-state index in [0.29, 0.717) is 19.8 Å². The quantitative estimate of drug-likeness (QED) is 0.575. The lowest BCUT2D eigenvalue weighted by Gasteiger charge is -2.24. The van der Waals surface area contributed by atoms with E-state index in [1.807, 2.05) is 6.92 Å². The number of hydrogen-bond acceptors (Lipinski definition) is 5. The molecule has 5 nitrogen and oxygen atoms in total. The SMILES string of the molecule is CCNC(C#N)CN(CCOC)CCOC. The second-order valence-electron chi connectivity index (χ2n) is 3.53. The van der Waals surface area contributed by atoms with Gasteiger partial charge in [-0.3, -0.25) is 4.90 Å². The Morgan fingerprint density at radius 1 is 1.25 bits per heavy atom. The van der Waals surface area contributed by atoms with Crippen LogP contribution in [0.5, 0.6) is 0 Å². The summed E-state index contributed by atoms with van der Waals surface area (Å²) in [6.07, 6.45) is 0. The first-order valence-electron chi connectivity index (χ1n) is 5.61. The average Bonchev–Trinajstić information content (AvgIpc) is 2.31. The minimum absolute atomic E-state index is 0.126. The lowest BCUT2D eigenvalue weighted by molar-refractivity contribution is 0.111. The van der Waals surface area contributed by atoms with Gasteiger partial charge in [-0.25, -0.2) is 0 Å². The van der Waals surface area contributed by atoms with E-state index in [1.54, 1.807) is 14.2 Å². The number of hydrogen-bond donors (Lipinski definition) is 1. The van der Waals surface area contributed by atoms with Gasteiger partial charge < -0.3 is 14.8 Å². The summed E-state index contributed by atoms with van der Waals surface area (Å²) in [4.78, 5) is 2.17. The summed E-state index contributed by atoms with van der Waals surface area (Å²) in [7, 11) is 3.36. The second-order valence-corrected chi connectivity index (χ2v) is 3.53. The Morgan fingerprint density at radius 2 is 1.81 bits per heavy atom. The number of rotatable bonds is 10. The molecule has 0 aliphatic heterocycles. The van der Waals surface area contributed by atoms with E-state index in [9.17, 15) is 0 Å². The van der Waals surface area contributed by atoms with Crippen molar-refractivity contribution in [3.63, 3.8) is 0 Å². The number of nitrogens with zero attached hydrogens (tertiary/aromatic N) is 2. The van der Waals surface area contributed by atoms with Crippen molar-refractivity contribution >= 4 is 0 Å². The molecule has 1 atom stereocenters. The van der Waals surface area contributed by atoms with E-state index < -0.39 is 0 Å². The number of methoxy groups -OCH3 is 2. The highest BCUT2D eigenvalue weighted by molar-refractivity contribution is 4.91. The van der Waals surface area contributed by atoms with Gasteiger partial charge in [0.05, 0.1) is 19.3 Å². The highest BCUT2D eigenvalue weighted by atomic mass is 16.5. The predicted molar refractivity (Wildman–Crippen MR) is 63.3 cm³/mol. The van der Waals surface area contributed by atoms with Gasteiger partial charge in [-0.1, -0.05) is 6.92 Å². The topological polar surface area (TPSA) is 57.5 Å². The summed E-state index contributed by atoms with van der Waals surface area (Å²) < 4.78 is 10.1. The molecule has 0 amide bonds. The lowest BCUT2D eigenvalue weighted by atomic mass is 10.3. The van der Waals surface area contributed by atoms with Gasteiger partial charge in [0, 0.05) is 33.9 Å². The molecule has 1 N–H and O–H groups in total. The molecule has 0 rings (SSSR count). The summed E-state index contributed by atoms with van der Waals surface area (Å²) in [6, 6.07) is 2.13. The van der Waals surface area contributed by atoms with Crippen molar-refractivity contribution in [3.05, 3.63) is 0 Å². The van der Waals surface area contributed by atoms with Crippen LogP contribution in [0.15, 0.2) is 0 Å². The fraction of sp³-hybridized carbons (Fsp3) is 0.909. The molecule has 0 aliphatic carbocycles. The van der Waals surface area contributed by atoms with Crippen molar-refractivity contribution in [2.75, 3.05) is 53.6 Å². The monoisotopic (exact) mass is 229 g/mol. The van der Waals surface area contributed by atoms with Crippen LogP contribution in [0, 0.1) is 11.3 Å². The summed E-state index contributed by atoms with van der Waals surface area (Å²) >= 11 is 0. The maximum Gasteiger partial charge on any atom is 0.108 e. The van der Waals surface area contributed by atoms with Gasteiger partial charge in [-0.05, 0) is 6.54 Å². The van der Waals surface area contributed by atoms with Gasteiger partial charge in [0.2, 0.25) is 0 Å². The Morgan fingerprint density at radius 3 is 2.19 bits per heavy atom. The standard InChI is InChI=1S/C11H23N3O2/c1-4-13-11(9-12)10-14(5-7-15-2)6-8-16-3/h11,13H,4-8,10H2,1-3H3. The third-order valence-corrected chi connectivity index (χ3v) is 2.27. The van der Waals surface area contributed by atoms with E-state index in [1.165, 1.54) is 0 Å². The van der Waals surface area contributed by atoms with Crippen molar-refractivity contribution in [3.8, 4) is 6.07 Å². The molecule has 0 aromatic carbocycles. The molecule has 0 fully saturated rings. The van der Waals surface area contributed by atoms with Crippen molar-refractivity contribution in [2.24, 2.45) is 0 Å². The Hall–Kier alpha value is -0.670. The summed E-state index contributed by atoms with van der Waals surface area (Å²) in [6.45, 7) is 6.51. The van der Waals surface area contributed by atoms with E-state index in [0.717, 1.165) is 19.6 Å². The first kappa shape index (κ1) is 15.3. The van der Waals surface area contributed by atoms with E-state index in [4.69, 9.17) is 14.7 Å². The minimum Gasteiger partial charge on any atom is -0.383 e. The molecule has 5 heteroatoms. The van der Waals surface area contributed by atoms with Crippen LogP contribution in [-0.4, -0.2) is 64.6 Å². The van der Waals surface area contributed by atoms with Gasteiger partial charge in [-0.2, -0.15) is 5.26 Å². The van der Waals surface area contributed by atoms with Crippen molar-refractivity contribution in [1.29, 1.82) is 5.26 Å². The maximum absolute atomic E-state index is 8.96. The largest absolute Gasteiger partial charge is 0.383 e. The van der Waals surface area contributed by atoms with Gasteiger partial charge >= 0.3 is 0 Å². The molecule has 0 aromatic rings. The van der Waals surface area contributed by atoms with Crippen molar-refractivity contribution < 1.29 is 9.47 Å². The molecular formula is C11H23N3O2. The first-order valence-corrected chi connectivity index (χ1v) is 5.61. The third-order valence-electron chi connectivity index (χ3n) is 2.27. The molecule has 0 bridgehead atoms. The van der Waals surface area contributed by atoms with Crippen LogP contribution < -0.4 is 5.32 Å². The smallest absolute Gasteiger partial charge is 0.108 e. The number of ether oxygens (including phenoxy) is 2. The van der Waals surface area contributed by atoms with Gasteiger partial charge in [0.25, 0.3) is 0 Å². The third kappa shape index (κ3) is 7.60. The summed E-state index contributed by atoms with van der Waals surface area (Å²) in [5.74, 6) is 0. The van der Waals surface area contributed by atoms with Crippen LogP contribution in [0.25, 0.3) is 0 Å². The molecular weight excluding hydrogens is 206 g/mol. The molecule has 0 heterocycles. The predicted octanol–water partition coefficient (Wildman–Crippen LogP) is 0.0829. The molecule has 0 radical (unpaired) electrons. The zero-order valence-electron chi connectivity index (χ0n) is 10.5. The minimum atomic E-state index is -0.126. The molecule has 16 heavy (non-hydrogen) atoms. The number of nitriles is 1. The maximum atomic E-state index is 8.96. The van der Waals surface area contributed by atoms with Crippen LogP contribution in [0.4, 0.5) is 0 Å². The highest BCUT2D eigenvalue weighted by Crippen LogP contribution is 1.93. The van der Waals surface area contributed by atoms with Gasteiger partial charge in [-0.15, -0.1) is 0 Å². The summed E-state index contributed by atoms with van der Waals surface area (Å²) in [5.41, 5.74) is 0. The Kier molecular flexibility index (Phi) is 10.4. The fourth-order valence-corrected chi connectivity index (χ4v) is 1.39. The van der Waals surface area contributed by atoms with Gasteiger partial charge in [0.15, 0.2) is 0 Å². The van der Waals surface area contributed by atoms with E-state index >= 15 is 0 Å². The lowest BCUT2D eigenvalue weighted by Crippen LogP contribution is -2.42. The summed E-state index contributed by atoms with van der Waals surface area (Å²) in [5, 5.41) is 12.1. The van der Waals surface area contributed by atoms with Crippen LogP contribution in [0.2, 0.25) is 0 Å². The molecule has 0 aromatic heterocycles. The van der Waals surface area contributed by atoms with Crippen LogP contribution >= 0.6 is 0 Å². The Labute approximate surface area is 98.3 Å². The fourth-order valence-electron chi connectivity index (χ4n) is 1.39. The van der Waals surface area contributed by atoms with Crippen molar-refractivity contribution in [2.45, 2.75) is 13.0 Å². The van der Waals surface area contributed by atoms with Crippen molar-refractivity contribution in [1.82, 2.24) is 10.2 Å². The Bertz CT molecular complexity index is 186. The van der Waals surface area contributed by atoms with Crippen LogP contribution in [-0.2, 0) is 9.47 Å². The molecule has 0 spiro atoms. The first-order chi connectivity index (χ1) is 7.78. The molecule has 94 valence electrons. The number of nitrogens with one attached hydrogen (secondary N) is 1. The molecule has 0 saturated heterocycles. The molecule has 0 saturated carbocycles.